The first-order valence-corrected chi connectivity index (χ1v) is 6.96. The number of aryl methyl sites for hydroxylation is 1. The van der Waals surface area contributed by atoms with Gasteiger partial charge in [-0.15, -0.1) is 11.3 Å². The number of carbonyl (C=O) groups is 1. The zero-order chi connectivity index (χ0) is 13.7. The van der Waals surface area contributed by atoms with E-state index in [0.29, 0.717) is 12.4 Å². The number of benzene rings is 1. The number of aromatic nitrogens is 1. The fraction of sp³-hybridized carbons (Fsp3) is 0.286. The number of aromatic carboxylic acids is 1. The van der Waals surface area contributed by atoms with Crippen LogP contribution in [-0.2, 0) is 12.8 Å². The van der Waals surface area contributed by atoms with Gasteiger partial charge < -0.3 is 9.84 Å². The Kier molecular flexibility index (Phi) is 4.52. The molecular weight excluding hydrogens is 262 g/mol. The lowest BCUT2D eigenvalue weighted by Gasteiger charge is -2.05. The molecular formula is C14H15NO3S. The highest BCUT2D eigenvalue weighted by Crippen LogP contribution is 2.15. The second-order valence-corrected chi connectivity index (χ2v) is 4.96. The highest BCUT2D eigenvalue weighted by Gasteiger charge is 2.04. The van der Waals surface area contributed by atoms with E-state index in [9.17, 15) is 4.79 Å². The third-order valence-corrected chi connectivity index (χ3v) is 3.65. The minimum atomic E-state index is -0.947. The number of rotatable bonds is 6. The SMILES string of the molecule is CCc1nc(CCOc2cccc(C(=O)O)c2)cs1. The van der Waals surface area contributed by atoms with Gasteiger partial charge in [0.25, 0.3) is 0 Å². The summed E-state index contributed by atoms with van der Waals surface area (Å²) < 4.78 is 5.54. The highest BCUT2D eigenvalue weighted by atomic mass is 32.1. The molecule has 0 amide bonds. The van der Waals surface area contributed by atoms with Gasteiger partial charge in [-0.25, -0.2) is 9.78 Å². The summed E-state index contributed by atoms with van der Waals surface area (Å²) in [5, 5.41) is 12.0. The number of hydrogen-bond donors (Lipinski definition) is 1. The van der Waals surface area contributed by atoms with Gasteiger partial charge in [0.15, 0.2) is 0 Å². The Balaban J connectivity index is 1.88. The average molecular weight is 277 g/mol. The largest absolute Gasteiger partial charge is 0.493 e. The first kappa shape index (κ1) is 13.5. The maximum atomic E-state index is 10.8. The van der Waals surface area contributed by atoms with E-state index in [1.807, 2.05) is 5.38 Å². The molecule has 0 fully saturated rings. The van der Waals surface area contributed by atoms with Crippen LogP contribution in [0.15, 0.2) is 29.6 Å². The third kappa shape index (κ3) is 3.79. The summed E-state index contributed by atoms with van der Waals surface area (Å²) in [7, 11) is 0. The lowest BCUT2D eigenvalue weighted by molar-refractivity contribution is 0.0696. The minimum Gasteiger partial charge on any atom is -0.493 e. The molecule has 0 saturated carbocycles. The van der Waals surface area contributed by atoms with E-state index in [2.05, 4.69) is 11.9 Å². The Morgan fingerprint density at radius 3 is 3.00 bits per heavy atom. The summed E-state index contributed by atoms with van der Waals surface area (Å²) in [5.74, 6) is -0.372. The van der Waals surface area contributed by atoms with Crippen LogP contribution < -0.4 is 4.74 Å². The smallest absolute Gasteiger partial charge is 0.335 e. The van der Waals surface area contributed by atoms with Crippen LogP contribution in [0, 0.1) is 0 Å². The Morgan fingerprint density at radius 2 is 2.32 bits per heavy atom. The quantitative estimate of drug-likeness (QED) is 0.881. The Labute approximate surface area is 115 Å². The van der Waals surface area contributed by atoms with Crippen molar-refractivity contribution in [2.75, 3.05) is 6.61 Å². The van der Waals surface area contributed by atoms with Crippen LogP contribution in [0.4, 0.5) is 0 Å². The first-order valence-electron chi connectivity index (χ1n) is 6.08. The van der Waals surface area contributed by atoms with E-state index < -0.39 is 5.97 Å². The third-order valence-electron chi connectivity index (χ3n) is 2.61. The zero-order valence-corrected chi connectivity index (χ0v) is 11.4. The normalized spacial score (nSPS) is 10.4. The van der Waals surface area contributed by atoms with Crippen LogP contribution in [0.1, 0.15) is 28.0 Å². The van der Waals surface area contributed by atoms with E-state index in [1.165, 1.54) is 6.07 Å². The Bertz CT molecular complexity index is 565. The lowest BCUT2D eigenvalue weighted by Crippen LogP contribution is -2.03. The van der Waals surface area contributed by atoms with Crippen molar-refractivity contribution in [2.24, 2.45) is 0 Å². The molecule has 0 aliphatic rings. The monoisotopic (exact) mass is 277 g/mol. The summed E-state index contributed by atoms with van der Waals surface area (Å²) >= 11 is 1.66. The molecule has 1 aromatic carbocycles. The van der Waals surface area contributed by atoms with Crippen LogP contribution in [0.3, 0.4) is 0 Å². The number of thiazole rings is 1. The molecule has 0 bridgehead atoms. The van der Waals surface area contributed by atoms with E-state index in [1.54, 1.807) is 29.5 Å². The number of nitrogens with zero attached hydrogens (tertiary/aromatic N) is 1. The average Bonchev–Trinajstić information content (AvgIpc) is 2.87. The molecule has 1 N–H and O–H groups in total. The van der Waals surface area contributed by atoms with Crippen LogP contribution in [0.5, 0.6) is 5.75 Å². The molecule has 0 atom stereocenters. The van der Waals surface area contributed by atoms with Gasteiger partial charge in [0.05, 0.1) is 22.9 Å². The molecule has 0 radical (unpaired) electrons. The molecule has 0 aliphatic heterocycles. The predicted octanol–water partition coefficient (Wildman–Crippen LogP) is 3.03. The summed E-state index contributed by atoms with van der Waals surface area (Å²) in [6.07, 6.45) is 1.68. The molecule has 5 heteroatoms. The molecule has 0 aliphatic carbocycles. The number of hydrogen-bond acceptors (Lipinski definition) is 4. The summed E-state index contributed by atoms with van der Waals surface area (Å²) in [6, 6.07) is 6.51. The minimum absolute atomic E-state index is 0.236. The molecule has 0 unspecified atom stereocenters. The fourth-order valence-corrected chi connectivity index (χ4v) is 2.40. The van der Waals surface area contributed by atoms with E-state index in [0.717, 1.165) is 23.5 Å². The lowest BCUT2D eigenvalue weighted by atomic mass is 10.2. The van der Waals surface area contributed by atoms with Crippen molar-refractivity contribution < 1.29 is 14.6 Å². The number of ether oxygens (including phenoxy) is 1. The van der Waals surface area contributed by atoms with Crippen molar-refractivity contribution in [2.45, 2.75) is 19.8 Å². The molecule has 4 nitrogen and oxygen atoms in total. The van der Waals surface area contributed by atoms with Crippen LogP contribution >= 0.6 is 11.3 Å². The molecule has 2 aromatic rings. The van der Waals surface area contributed by atoms with Crippen molar-refractivity contribution in [3.05, 3.63) is 45.9 Å². The number of carboxylic acid groups (broad SMARTS) is 1. The van der Waals surface area contributed by atoms with Crippen molar-refractivity contribution in [1.29, 1.82) is 0 Å². The molecule has 1 heterocycles. The predicted molar refractivity (Wildman–Crippen MR) is 74.1 cm³/mol. The number of carboxylic acids is 1. The van der Waals surface area contributed by atoms with Gasteiger partial charge >= 0.3 is 5.97 Å². The van der Waals surface area contributed by atoms with Crippen molar-refractivity contribution in [1.82, 2.24) is 4.98 Å². The van der Waals surface area contributed by atoms with Gasteiger partial charge in [0.1, 0.15) is 5.75 Å². The van der Waals surface area contributed by atoms with Gasteiger partial charge in [-0.2, -0.15) is 0 Å². The van der Waals surface area contributed by atoms with Gasteiger partial charge in [0.2, 0.25) is 0 Å². The van der Waals surface area contributed by atoms with Crippen molar-refractivity contribution in [3.63, 3.8) is 0 Å². The second-order valence-electron chi connectivity index (χ2n) is 4.02. The molecule has 100 valence electrons. The van der Waals surface area contributed by atoms with Gasteiger partial charge in [0, 0.05) is 11.8 Å². The standard InChI is InChI=1S/C14H15NO3S/c1-2-13-15-11(9-19-13)6-7-18-12-5-3-4-10(8-12)14(16)17/h3-5,8-9H,2,6-7H2,1H3,(H,16,17). The summed E-state index contributed by atoms with van der Waals surface area (Å²) in [4.78, 5) is 15.3. The zero-order valence-electron chi connectivity index (χ0n) is 10.6. The van der Waals surface area contributed by atoms with Crippen LogP contribution in [0.2, 0.25) is 0 Å². The molecule has 1 aromatic heterocycles. The van der Waals surface area contributed by atoms with E-state index in [4.69, 9.17) is 9.84 Å². The fourth-order valence-electron chi connectivity index (χ4n) is 1.62. The van der Waals surface area contributed by atoms with Gasteiger partial charge in [-0.05, 0) is 24.6 Å². The van der Waals surface area contributed by atoms with Crippen LogP contribution in [0.25, 0.3) is 0 Å². The highest BCUT2D eigenvalue weighted by molar-refractivity contribution is 7.09. The van der Waals surface area contributed by atoms with E-state index >= 15 is 0 Å². The molecule has 19 heavy (non-hydrogen) atoms. The van der Waals surface area contributed by atoms with Gasteiger partial charge in [-0.1, -0.05) is 13.0 Å². The summed E-state index contributed by atoms with van der Waals surface area (Å²) in [5.41, 5.74) is 1.26. The topological polar surface area (TPSA) is 59.4 Å². The van der Waals surface area contributed by atoms with Crippen LogP contribution in [-0.4, -0.2) is 22.7 Å². The van der Waals surface area contributed by atoms with Crippen molar-refractivity contribution >= 4 is 17.3 Å². The maximum Gasteiger partial charge on any atom is 0.335 e. The Hall–Kier alpha value is -1.88. The van der Waals surface area contributed by atoms with E-state index in [-0.39, 0.29) is 5.56 Å². The summed E-state index contributed by atoms with van der Waals surface area (Å²) in [6.45, 7) is 2.58. The molecule has 0 saturated heterocycles. The second kappa shape index (κ2) is 6.33. The van der Waals surface area contributed by atoms with Gasteiger partial charge in [-0.3, -0.25) is 0 Å². The van der Waals surface area contributed by atoms with Crippen molar-refractivity contribution in [3.8, 4) is 5.75 Å². The maximum absolute atomic E-state index is 10.8. The Morgan fingerprint density at radius 1 is 1.47 bits per heavy atom. The molecule has 2 rings (SSSR count). The molecule has 0 spiro atoms. The first-order chi connectivity index (χ1) is 9.19.